The molecule has 16 heavy (non-hydrogen) atoms. The number of nitrogens with zero attached hydrogens (tertiary/aromatic N) is 3. The Morgan fingerprint density at radius 3 is 2.94 bits per heavy atom. The van der Waals surface area contributed by atoms with Crippen LogP contribution < -0.4 is 0 Å². The first-order valence-electron chi connectivity index (χ1n) is 5.11. The predicted octanol–water partition coefficient (Wildman–Crippen LogP) is 3.05. The van der Waals surface area contributed by atoms with Gasteiger partial charge < -0.3 is 0 Å². The summed E-state index contributed by atoms with van der Waals surface area (Å²) in [5.41, 5.74) is 1.03. The molecule has 1 aliphatic carbocycles. The Kier molecular flexibility index (Phi) is 2.28. The molecule has 2 heterocycles. The van der Waals surface area contributed by atoms with Gasteiger partial charge in [-0.3, -0.25) is 0 Å². The summed E-state index contributed by atoms with van der Waals surface area (Å²) in [6.07, 6.45) is 5.70. The topological polar surface area (TPSA) is 30.7 Å². The molecule has 1 aliphatic rings. The van der Waals surface area contributed by atoms with Gasteiger partial charge in [-0.2, -0.15) is 5.10 Å². The monoisotopic (exact) mass is 281 g/mol. The van der Waals surface area contributed by atoms with Gasteiger partial charge in [0.2, 0.25) is 0 Å². The van der Waals surface area contributed by atoms with Crippen LogP contribution in [-0.2, 0) is 0 Å². The molecule has 82 valence electrons. The van der Waals surface area contributed by atoms with Crippen molar-refractivity contribution < 1.29 is 4.39 Å². The average molecular weight is 282 g/mol. The van der Waals surface area contributed by atoms with Crippen LogP contribution in [0.5, 0.6) is 0 Å². The third kappa shape index (κ3) is 1.75. The summed E-state index contributed by atoms with van der Waals surface area (Å²) < 4.78 is 15.7. The lowest BCUT2D eigenvalue weighted by Gasteiger charge is -2.01. The zero-order valence-electron chi connectivity index (χ0n) is 8.40. The maximum Gasteiger partial charge on any atom is 0.189 e. The molecule has 0 atom stereocenters. The molecule has 0 N–H and O–H groups in total. The highest BCUT2D eigenvalue weighted by Crippen LogP contribution is 2.39. The smallest absolute Gasteiger partial charge is 0.189 e. The number of rotatable bonds is 2. The first-order valence-corrected chi connectivity index (χ1v) is 5.90. The van der Waals surface area contributed by atoms with E-state index in [1.807, 2.05) is 6.07 Å². The van der Waals surface area contributed by atoms with Crippen molar-refractivity contribution in [2.24, 2.45) is 0 Å². The third-order valence-electron chi connectivity index (χ3n) is 2.61. The molecule has 0 radical (unpaired) electrons. The van der Waals surface area contributed by atoms with Crippen LogP contribution in [0.1, 0.15) is 24.5 Å². The first-order chi connectivity index (χ1) is 7.74. The van der Waals surface area contributed by atoms with E-state index in [9.17, 15) is 4.39 Å². The minimum atomic E-state index is -0.375. The van der Waals surface area contributed by atoms with Gasteiger partial charge in [0.1, 0.15) is 0 Å². The van der Waals surface area contributed by atoms with Crippen molar-refractivity contribution in [2.75, 3.05) is 0 Å². The zero-order chi connectivity index (χ0) is 11.1. The van der Waals surface area contributed by atoms with E-state index in [1.165, 1.54) is 23.6 Å². The third-order valence-corrected chi connectivity index (χ3v) is 3.04. The average Bonchev–Trinajstić information content (AvgIpc) is 2.98. The Morgan fingerprint density at radius 2 is 2.25 bits per heavy atom. The summed E-state index contributed by atoms with van der Waals surface area (Å²) in [6, 6.07) is 3.32. The van der Waals surface area contributed by atoms with E-state index in [4.69, 9.17) is 0 Å². The van der Waals surface area contributed by atoms with Gasteiger partial charge in [0.05, 0.1) is 5.69 Å². The molecule has 2 aromatic rings. The van der Waals surface area contributed by atoms with Gasteiger partial charge in [0.15, 0.2) is 11.6 Å². The molecule has 3 nitrogen and oxygen atoms in total. The summed E-state index contributed by atoms with van der Waals surface area (Å²) >= 11 is 3.18. The summed E-state index contributed by atoms with van der Waals surface area (Å²) in [6.45, 7) is 0. The van der Waals surface area contributed by atoms with E-state index in [-0.39, 0.29) is 11.6 Å². The van der Waals surface area contributed by atoms with Gasteiger partial charge in [-0.25, -0.2) is 14.1 Å². The highest BCUT2D eigenvalue weighted by molar-refractivity contribution is 9.10. The van der Waals surface area contributed by atoms with Crippen molar-refractivity contribution in [3.63, 3.8) is 0 Å². The quantitative estimate of drug-likeness (QED) is 0.847. The molecule has 1 saturated carbocycles. The summed E-state index contributed by atoms with van der Waals surface area (Å²) in [4.78, 5) is 4.02. The second-order valence-electron chi connectivity index (χ2n) is 3.92. The zero-order valence-corrected chi connectivity index (χ0v) is 9.98. The van der Waals surface area contributed by atoms with Crippen LogP contribution in [0.15, 0.2) is 29.0 Å². The van der Waals surface area contributed by atoms with Gasteiger partial charge >= 0.3 is 0 Å². The van der Waals surface area contributed by atoms with Crippen molar-refractivity contribution >= 4 is 15.9 Å². The number of hydrogen-bond donors (Lipinski definition) is 0. The number of halogens is 2. The van der Waals surface area contributed by atoms with E-state index < -0.39 is 0 Å². The number of hydrogen-bond acceptors (Lipinski definition) is 2. The fraction of sp³-hybridized carbons (Fsp3) is 0.273. The number of aromatic nitrogens is 3. The summed E-state index contributed by atoms with van der Waals surface area (Å²) in [5.74, 6) is 0.440. The van der Waals surface area contributed by atoms with Crippen LogP contribution in [0.3, 0.4) is 0 Å². The van der Waals surface area contributed by atoms with E-state index in [0.29, 0.717) is 10.4 Å². The van der Waals surface area contributed by atoms with Crippen molar-refractivity contribution in [2.45, 2.75) is 18.8 Å². The Balaban J connectivity index is 2.00. The Morgan fingerprint density at radius 1 is 1.44 bits per heavy atom. The molecule has 1 fully saturated rings. The first kappa shape index (κ1) is 9.96. The Hall–Kier alpha value is -1.23. The molecule has 0 amide bonds. The predicted molar refractivity (Wildman–Crippen MR) is 61.0 cm³/mol. The van der Waals surface area contributed by atoms with E-state index in [1.54, 1.807) is 12.4 Å². The van der Waals surface area contributed by atoms with Crippen LogP contribution in [0.4, 0.5) is 4.39 Å². The minimum Gasteiger partial charge on any atom is -0.233 e. The normalized spacial score (nSPS) is 15.4. The second-order valence-corrected chi connectivity index (χ2v) is 4.83. The number of pyridine rings is 1. The van der Waals surface area contributed by atoms with Gasteiger partial charge in [-0.15, -0.1) is 0 Å². The molecule has 0 bridgehead atoms. The highest BCUT2D eigenvalue weighted by atomic mass is 79.9. The largest absolute Gasteiger partial charge is 0.233 e. The van der Waals surface area contributed by atoms with Crippen LogP contribution in [-0.4, -0.2) is 14.8 Å². The van der Waals surface area contributed by atoms with Gasteiger partial charge in [0.25, 0.3) is 0 Å². The molecule has 0 unspecified atom stereocenters. The van der Waals surface area contributed by atoms with Crippen molar-refractivity contribution in [1.82, 2.24) is 14.8 Å². The summed E-state index contributed by atoms with van der Waals surface area (Å²) in [5, 5.41) is 4.33. The molecule has 0 aromatic carbocycles. The van der Waals surface area contributed by atoms with Crippen LogP contribution >= 0.6 is 15.9 Å². The van der Waals surface area contributed by atoms with Crippen molar-refractivity contribution in [3.8, 4) is 5.82 Å². The lowest BCUT2D eigenvalue weighted by atomic mass is 10.3. The Bertz CT molecular complexity index is 534. The van der Waals surface area contributed by atoms with Crippen LogP contribution in [0, 0.1) is 5.82 Å². The van der Waals surface area contributed by atoms with E-state index in [0.717, 1.165) is 5.69 Å². The van der Waals surface area contributed by atoms with E-state index in [2.05, 4.69) is 26.0 Å². The van der Waals surface area contributed by atoms with Gasteiger partial charge in [-0.05, 0) is 40.9 Å². The Labute approximate surface area is 100 Å². The standard InChI is InChI=1S/C11H9BrFN3/c12-8-5-9(13)11(14-6-8)16-4-3-10(15-16)7-1-2-7/h3-7H,1-2H2. The van der Waals surface area contributed by atoms with Crippen LogP contribution in [0.2, 0.25) is 0 Å². The molecule has 3 rings (SSSR count). The van der Waals surface area contributed by atoms with Crippen molar-refractivity contribution in [3.05, 3.63) is 40.5 Å². The maximum atomic E-state index is 13.6. The lowest BCUT2D eigenvalue weighted by molar-refractivity contribution is 0.598. The van der Waals surface area contributed by atoms with E-state index >= 15 is 0 Å². The van der Waals surface area contributed by atoms with Gasteiger partial charge in [0, 0.05) is 22.8 Å². The molecule has 0 aliphatic heterocycles. The molecular weight excluding hydrogens is 273 g/mol. The highest BCUT2D eigenvalue weighted by Gasteiger charge is 2.26. The summed E-state index contributed by atoms with van der Waals surface area (Å²) in [7, 11) is 0. The molecule has 0 saturated heterocycles. The molecular formula is C11H9BrFN3. The van der Waals surface area contributed by atoms with Crippen LogP contribution in [0.25, 0.3) is 5.82 Å². The SMILES string of the molecule is Fc1cc(Br)cnc1-n1ccc(C2CC2)n1. The van der Waals surface area contributed by atoms with Gasteiger partial charge in [-0.1, -0.05) is 0 Å². The minimum absolute atomic E-state index is 0.245. The van der Waals surface area contributed by atoms with Crippen molar-refractivity contribution in [1.29, 1.82) is 0 Å². The lowest BCUT2D eigenvalue weighted by Crippen LogP contribution is -2.02. The fourth-order valence-corrected chi connectivity index (χ4v) is 1.93. The molecule has 2 aromatic heterocycles. The molecule has 0 spiro atoms. The second kappa shape index (κ2) is 3.66. The maximum absolute atomic E-state index is 13.6. The molecule has 5 heteroatoms. The fourth-order valence-electron chi connectivity index (χ4n) is 1.63.